The third-order valence-corrected chi connectivity index (χ3v) is 1.70. The second-order valence-corrected chi connectivity index (χ2v) is 2.62. The first-order chi connectivity index (χ1) is 4.59. The van der Waals surface area contributed by atoms with Crippen LogP contribution >= 0.6 is 0 Å². The maximum Gasteiger partial charge on any atom is 0.0673 e. The quantitative estimate of drug-likeness (QED) is 0.601. The van der Waals surface area contributed by atoms with E-state index in [0.717, 1.165) is 5.57 Å². The van der Waals surface area contributed by atoms with Gasteiger partial charge in [-0.1, -0.05) is 13.5 Å². The molecule has 0 aliphatic rings. The van der Waals surface area contributed by atoms with Crippen molar-refractivity contribution in [3.63, 3.8) is 0 Å². The summed E-state index contributed by atoms with van der Waals surface area (Å²) in [4.78, 5) is 0. The Kier molecular flexibility index (Phi) is 4.32. The standard InChI is InChI=1S/C8H16O2/c1-6(5-10-4)7(2)8(3)9/h7-9H,1,5H2,2-4H3. The van der Waals surface area contributed by atoms with Crippen molar-refractivity contribution in [3.05, 3.63) is 12.2 Å². The zero-order chi connectivity index (χ0) is 8.15. The molecular weight excluding hydrogens is 128 g/mol. The molecule has 0 radical (unpaired) electrons. The Morgan fingerprint density at radius 3 is 2.40 bits per heavy atom. The van der Waals surface area contributed by atoms with Gasteiger partial charge in [-0.15, -0.1) is 0 Å². The lowest BCUT2D eigenvalue weighted by Crippen LogP contribution is -2.17. The average molecular weight is 144 g/mol. The van der Waals surface area contributed by atoms with Gasteiger partial charge in [0.25, 0.3) is 0 Å². The molecule has 0 amide bonds. The highest BCUT2D eigenvalue weighted by Gasteiger charge is 2.11. The summed E-state index contributed by atoms with van der Waals surface area (Å²) in [5.41, 5.74) is 0.942. The molecule has 0 fully saturated rings. The van der Waals surface area contributed by atoms with Crippen LogP contribution in [0.5, 0.6) is 0 Å². The van der Waals surface area contributed by atoms with Gasteiger partial charge < -0.3 is 9.84 Å². The van der Waals surface area contributed by atoms with Crippen LogP contribution in [-0.4, -0.2) is 24.9 Å². The van der Waals surface area contributed by atoms with Gasteiger partial charge in [0, 0.05) is 13.0 Å². The fourth-order valence-corrected chi connectivity index (χ4v) is 0.658. The molecule has 0 heterocycles. The Morgan fingerprint density at radius 1 is 1.60 bits per heavy atom. The largest absolute Gasteiger partial charge is 0.393 e. The van der Waals surface area contributed by atoms with Gasteiger partial charge in [-0.2, -0.15) is 0 Å². The topological polar surface area (TPSA) is 29.5 Å². The Balaban J connectivity index is 3.71. The summed E-state index contributed by atoms with van der Waals surface area (Å²) in [5, 5.41) is 9.10. The molecule has 0 aromatic heterocycles. The minimum atomic E-state index is -0.331. The highest BCUT2D eigenvalue weighted by Crippen LogP contribution is 2.12. The van der Waals surface area contributed by atoms with E-state index in [2.05, 4.69) is 6.58 Å². The van der Waals surface area contributed by atoms with Crippen molar-refractivity contribution in [1.29, 1.82) is 0 Å². The number of rotatable bonds is 4. The summed E-state index contributed by atoms with van der Waals surface area (Å²) < 4.78 is 4.86. The first kappa shape index (κ1) is 9.66. The third-order valence-electron chi connectivity index (χ3n) is 1.70. The van der Waals surface area contributed by atoms with Gasteiger partial charge in [-0.05, 0) is 12.5 Å². The molecule has 0 rings (SSSR count). The molecule has 0 aromatic rings. The van der Waals surface area contributed by atoms with Crippen molar-refractivity contribution in [2.45, 2.75) is 20.0 Å². The van der Waals surface area contributed by atoms with Gasteiger partial charge in [-0.25, -0.2) is 0 Å². The van der Waals surface area contributed by atoms with Crippen LogP contribution in [0.4, 0.5) is 0 Å². The smallest absolute Gasteiger partial charge is 0.0673 e. The van der Waals surface area contributed by atoms with E-state index in [9.17, 15) is 0 Å². The van der Waals surface area contributed by atoms with Gasteiger partial charge >= 0.3 is 0 Å². The lowest BCUT2D eigenvalue weighted by molar-refractivity contribution is 0.136. The van der Waals surface area contributed by atoms with E-state index < -0.39 is 0 Å². The molecule has 0 saturated heterocycles. The number of aliphatic hydroxyl groups is 1. The molecule has 0 bridgehead atoms. The average Bonchev–Trinajstić information content (AvgIpc) is 1.87. The molecule has 2 nitrogen and oxygen atoms in total. The van der Waals surface area contributed by atoms with Crippen molar-refractivity contribution in [3.8, 4) is 0 Å². The fraction of sp³-hybridized carbons (Fsp3) is 0.750. The Bertz CT molecular complexity index is 108. The fourth-order valence-electron chi connectivity index (χ4n) is 0.658. The first-order valence-electron chi connectivity index (χ1n) is 3.44. The molecule has 0 aromatic carbocycles. The zero-order valence-electron chi connectivity index (χ0n) is 6.92. The Labute approximate surface area is 62.5 Å². The SMILES string of the molecule is C=C(COC)C(C)C(C)O. The van der Waals surface area contributed by atoms with Crippen LogP contribution in [0, 0.1) is 5.92 Å². The van der Waals surface area contributed by atoms with E-state index in [-0.39, 0.29) is 12.0 Å². The van der Waals surface area contributed by atoms with Gasteiger partial charge in [0.15, 0.2) is 0 Å². The van der Waals surface area contributed by atoms with Crippen LogP contribution in [-0.2, 0) is 4.74 Å². The molecule has 0 saturated carbocycles. The predicted molar refractivity (Wildman–Crippen MR) is 41.9 cm³/mol. The summed E-state index contributed by atoms with van der Waals surface area (Å²) in [5.74, 6) is 0.125. The second-order valence-electron chi connectivity index (χ2n) is 2.62. The second kappa shape index (κ2) is 4.47. The van der Waals surface area contributed by atoms with Crippen molar-refractivity contribution in [2.75, 3.05) is 13.7 Å². The minimum Gasteiger partial charge on any atom is -0.393 e. The summed E-state index contributed by atoms with van der Waals surface area (Å²) in [6.07, 6.45) is -0.331. The normalized spacial score (nSPS) is 16.4. The molecule has 2 atom stereocenters. The minimum absolute atomic E-state index is 0.125. The van der Waals surface area contributed by atoms with Crippen molar-refractivity contribution < 1.29 is 9.84 Å². The van der Waals surface area contributed by atoms with Crippen molar-refractivity contribution >= 4 is 0 Å². The van der Waals surface area contributed by atoms with Crippen molar-refractivity contribution in [1.82, 2.24) is 0 Å². The first-order valence-corrected chi connectivity index (χ1v) is 3.44. The number of aliphatic hydroxyl groups excluding tert-OH is 1. The molecule has 1 N–H and O–H groups in total. The maximum atomic E-state index is 9.10. The summed E-state index contributed by atoms with van der Waals surface area (Å²) in [6.45, 7) is 8.01. The van der Waals surface area contributed by atoms with Crippen LogP contribution < -0.4 is 0 Å². The highest BCUT2D eigenvalue weighted by atomic mass is 16.5. The molecule has 0 aliphatic heterocycles. The van der Waals surface area contributed by atoms with Crippen molar-refractivity contribution in [2.24, 2.45) is 5.92 Å². The Morgan fingerprint density at radius 2 is 2.10 bits per heavy atom. The van der Waals surface area contributed by atoms with E-state index in [4.69, 9.17) is 9.84 Å². The summed E-state index contributed by atoms with van der Waals surface area (Å²) in [7, 11) is 1.62. The third kappa shape index (κ3) is 2.99. The van der Waals surface area contributed by atoms with E-state index in [1.165, 1.54) is 0 Å². The molecular formula is C8H16O2. The van der Waals surface area contributed by atoms with Crippen LogP contribution in [0.3, 0.4) is 0 Å². The number of hydrogen-bond donors (Lipinski definition) is 1. The van der Waals surface area contributed by atoms with E-state index in [1.54, 1.807) is 14.0 Å². The predicted octanol–water partition coefficient (Wildman–Crippen LogP) is 1.21. The van der Waals surface area contributed by atoms with Crippen LogP contribution in [0.25, 0.3) is 0 Å². The maximum absolute atomic E-state index is 9.10. The van der Waals surface area contributed by atoms with Crippen LogP contribution in [0.1, 0.15) is 13.8 Å². The molecule has 0 aliphatic carbocycles. The van der Waals surface area contributed by atoms with Gasteiger partial charge in [0.05, 0.1) is 12.7 Å². The number of hydrogen-bond acceptors (Lipinski definition) is 2. The number of ether oxygens (including phenoxy) is 1. The highest BCUT2D eigenvalue weighted by molar-refractivity contribution is 5.01. The lowest BCUT2D eigenvalue weighted by Gasteiger charge is -2.16. The van der Waals surface area contributed by atoms with E-state index in [1.807, 2.05) is 6.92 Å². The molecule has 2 heteroatoms. The summed E-state index contributed by atoms with van der Waals surface area (Å²) in [6, 6.07) is 0. The molecule has 10 heavy (non-hydrogen) atoms. The van der Waals surface area contributed by atoms with E-state index >= 15 is 0 Å². The van der Waals surface area contributed by atoms with Gasteiger partial charge in [0.2, 0.25) is 0 Å². The molecule has 0 spiro atoms. The van der Waals surface area contributed by atoms with Crippen LogP contribution in [0.2, 0.25) is 0 Å². The zero-order valence-corrected chi connectivity index (χ0v) is 6.92. The van der Waals surface area contributed by atoms with Crippen LogP contribution in [0.15, 0.2) is 12.2 Å². The monoisotopic (exact) mass is 144 g/mol. The van der Waals surface area contributed by atoms with E-state index in [0.29, 0.717) is 6.61 Å². The Hall–Kier alpha value is -0.340. The number of methoxy groups -OCH3 is 1. The molecule has 60 valence electrons. The van der Waals surface area contributed by atoms with Gasteiger partial charge in [-0.3, -0.25) is 0 Å². The molecule has 2 unspecified atom stereocenters. The van der Waals surface area contributed by atoms with Gasteiger partial charge in [0.1, 0.15) is 0 Å². The lowest BCUT2D eigenvalue weighted by atomic mass is 9.98. The summed E-state index contributed by atoms with van der Waals surface area (Å²) >= 11 is 0.